The highest BCUT2D eigenvalue weighted by Gasteiger charge is 2.39. The molecule has 1 N–H and O–H groups in total. The molecule has 1 atom stereocenters. The van der Waals surface area contributed by atoms with Crippen LogP contribution in [-0.2, 0) is 4.74 Å². The molecule has 1 aliphatic carbocycles. The van der Waals surface area contributed by atoms with Gasteiger partial charge in [-0.1, -0.05) is 17.7 Å². The van der Waals surface area contributed by atoms with Gasteiger partial charge >= 0.3 is 0 Å². The molecule has 100 valence electrons. The molecular formula is C14H19ClO3. The Morgan fingerprint density at radius 3 is 2.56 bits per heavy atom. The van der Waals surface area contributed by atoms with E-state index in [2.05, 4.69) is 0 Å². The molecule has 0 aromatic heterocycles. The summed E-state index contributed by atoms with van der Waals surface area (Å²) in [5.74, 6) is 0.623. The fourth-order valence-electron chi connectivity index (χ4n) is 2.42. The lowest BCUT2D eigenvalue weighted by atomic mass is 9.75. The van der Waals surface area contributed by atoms with Crippen molar-refractivity contribution in [3.63, 3.8) is 0 Å². The molecule has 1 saturated carbocycles. The lowest BCUT2D eigenvalue weighted by molar-refractivity contribution is -0.0999. The molecule has 4 heteroatoms. The van der Waals surface area contributed by atoms with E-state index >= 15 is 0 Å². The smallest absolute Gasteiger partial charge is 0.137 e. The van der Waals surface area contributed by atoms with Crippen LogP contribution >= 0.6 is 11.6 Å². The summed E-state index contributed by atoms with van der Waals surface area (Å²) in [4.78, 5) is 0. The first-order valence-corrected chi connectivity index (χ1v) is 6.55. The second kappa shape index (κ2) is 5.47. The van der Waals surface area contributed by atoms with E-state index in [1.54, 1.807) is 26.4 Å². The summed E-state index contributed by atoms with van der Waals surface area (Å²) in [6.07, 6.45) is 3.28. The molecular weight excluding hydrogens is 252 g/mol. The van der Waals surface area contributed by atoms with Crippen molar-refractivity contribution >= 4 is 11.6 Å². The van der Waals surface area contributed by atoms with Gasteiger partial charge in [0.25, 0.3) is 0 Å². The number of aliphatic hydroxyl groups is 1. The second-order valence-corrected chi connectivity index (χ2v) is 5.26. The van der Waals surface area contributed by atoms with Gasteiger partial charge in [-0.25, -0.2) is 0 Å². The number of halogens is 1. The predicted octanol–water partition coefficient (Wildman–Crippen LogP) is 3.34. The van der Waals surface area contributed by atoms with E-state index < -0.39 is 6.10 Å². The Bertz CT molecular complexity index is 410. The fraction of sp³-hybridized carbons (Fsp3) is 0.571. The van der Waals surface area contributed by atoms with E-state index in [1.807, 2.05) is 6.07 Å². The number of rotatable bonds is 5. The van der Waals surface area contributed by atoms with Crippen LogP contribution in [0.5, 0.6) is 5.75 Å². The molecule has 3 nitrogen and oxygen atoms in total. The van der Waals surface area contributed by atoms with Crippen molar-refractivity contribution < 1.29 is 14.6 Å². The summed E-state index contributed by atoms with van der Waals surface area (Å²) in [6, 6.07) is 5.38. The van der Waals surface area contributed by atoms with Gasteiger partial charge in [0.2, 0.25) is 0 Å². The molecule has 1 aromatic rings. The summed E-state index contributed by atoms with van der Waals surface area (Å²) in [6.45, 7) is 0. The standard InChI is InChI=1S/C14H19ClO3/c1-17-13-5-4-10(8-11(13)15)12(16)9-14(18-2)6-3-7-14/h4-5,8,12,16H,3,6-7,9H2,1-2H3. The minimum atomic E-state index is -0.548. The zero-order chi connectivity index (χ0) is 13.2. The van der Waals surface area contributed by atoms with Crippen molar-refractivity contribution in [2.24, 2.45) is 0 Å². The van der Waals surface area contributed by atoms with Crippen molar-refractivity contribution in [3.8, 4) is 5.75 Å². The van der Waals surface area contributed by atoms with Gasteiger partial charge in [0.15, 0.2) is 0 Å². The van der Waals surface area contributed by atoms with Crippen LogP contribution < -0.4 is 4.74 Å². The number of ether oxygens (including phenoxy) is 2. The maximum absolute atomic E-state index is 10.3. The van der Waals surface area contributed by atoms with Crippen molar-refractivity contribution in [2.45, 2.75) is 37.4 Å². The molecule has 18 heavy (non-hydrogen) atoms. The normalized spacial score (nSPS) is 19.1. The highest BCUT2D eigenvalue weighted by atomic mass is 35.5. The molecule has 1 fully saturated rings. The first-order chi connectivity index (χ1) is 8.60. The highest BCUT2D eigenvalue weighted by Crippen LogP contribution is 2.42. The Kier molecular flexibility index (Phi) is 4.15. The summed E-state index contributed by atoms with van der Waals surface area (Å²) in [5.41, 5.74) is 0.662. The number of aliphatic hydroxyl groups excluding tert-OH is 1. The van der Waals surface area contributed by atoms with E-state index in [9.17, 15) is 5.11 Å². The Morgan fingerprint density at radius 2 is 2.11 bits per heavy atom. The van der Waals surface area contributed by atoms with Crippen molar-refractivity contribution in [1.29, 1.82) is 0 Å². The van der Waals surface area contributed by atoms with Gasteiger partial charge in [-0.2, -0.15) is 0 Å². The zero-order valence-corrected chi connectivity index (χ0v) is 11.5. The van der Waals surface area contributed by atoms with Gasteiger partial charge in [0.1, 0.15) is 5.75 Å². The molecule has 0 spiro atoms. The summed E-state index contributed by atoms with van der Waals surface area (Å²) < 4.78 is 10.6. The van der Waals surface area contributed by atoms with E-state index in [0.717, 1.165) is 18.4 Å². The van der Waals surface area contributed by atoms with Crippen LogP contribution in [0.2, 0.25) is 5.02 Å². The zero-order valence-electron chi connectivity index (χ0n) is 10.8. The molecule has 0 aliphatic heterocycles. The van der Waals surface area contributed by atoms with Gasteiger partial charge in [0.05, 0.1) is 23.8 Å². The Morgan fingerprint density at radius 1 is 1.39 bits per heavy atom. The molecule has 1 unspecified atom stereocenters. The van der Waals surface area contributed by atoms with Crippen molar-refractivity contribution in [3.05, 3.63) is 28.8 Å². The van der Waals surface area contributed by atoms with Crippen molar-refractivity contribution in [2.75, 3.05) is 14.2 Å². The van der Waals surface area contributed by atoms with Gasteiger partial charge in [-0.3, -0.25) is 0 Å². The number of methoxy groups -OCH3 is 2. The second-order valence-electron chi connectivity index (χ2n) is 4.85. The number of hydrogen-bond acceptors (Lipinski definition) is 3. The van der Waals surface area contributed by atoms with Gasteiger partial charge in [-0.15, -0.1) is 0 Å². The maximum atomic E-state index is 10.3. The van der Waals surface area contributed by atoms with Crippen LogP contribution in [0.4, 0.5) is 0 Å². The molecule has 0 radical (unpaired) electrons. The third-order valence-corrected chi connectivity index (χ3v) is 4.12. The minimum absolute atomic E-state index is 0.147. The molecule has 1 aliphatic rings. The number of benzene rings is 1. The van der Waals surface area contributed by atoms with E-state index in [1.165, 1.54) is 6.42 Å². The maximum Gasteiger partial charge on any atom is 0.137 e. The third kappa shape index (κ3) is 2.63. The van der Waals surface area contributed by atoms with Crippen LogP contribution in [-0.4, -0.2) is 24.9 Å². The average molecular weight is 271 g/mol. The van der Waals surface area contributed by atoms with Crippen LogP contribution in [0.3, 0.4) is 0 Å². The molecule has 0 bridgehead atoms. The lowest BCUT2D eigenvalue weighted by Crippen LogP contribution is -2.40. The molecule has 1 aromatic carbocycles. The van der Waals surface area contributed by atoms with E-state index in [0.29, 0.717) is 17.2 Å². The van der Waals surface area contributed by atoms with Gasteiger partial charge in [0, 0.05) is 13.5 Å². The molecule has 0 saturated heterocycles. The summed E-state index contributed by atoms with van der Waals surface area (Å²) >= 11 is 6.06. The molecule has 2 rings (SSSR count). The minimum Gasteiger partial charge on any atom is -0.495 e. The van der Waals surface area contributed by atoms with E-state index in [4.69, 9.17) is 21.1 Å². The Labute approximate surface area is 113 Å². The lowest BCUT2D eigenvalue weighted by Gasteiger charge is -2.41. The van der Waals surface area contributed by atoms with E-state index in [-0.39, 0.29) is 5.60 Å². The van der Waals surface area contributed by atoms with Crippen LogP contribution in [0.25, 0.3) is 0 Å². The average Bonchev–Trinajstić information content (AvgIpc) is 2.33. The molecule has 0 heterocycles. The van der Waals surface area contributed by atoms with Gasteiger partial charge in [-0.05, 0) is 37.0 Å². The predicted molar refractivity (Wildman–Crippen MR) is 71.2 cm³/mol. The highest BCUT2D eigenvalue weighted by molar-refractivity contribution is 6.32. The Balaban J connectivity index is 2.09. The summed E-state index contributed by atoms with van der Waals surface area (Å²) in [7, 11) is 3.29. The quantitative estimate of drug-likeness (QED) is 0.892. The van der Waals surface area contributed by atoms with Crippen LogP contribution in [0.1, 0.15) is 37.4 Å². The summed E-state index contributed by atoms with van der Waals surface area (Å²) in [5, 5.41) is 10.8. The largest absolute Gasteiger partial charge is 0.495 e. The monoisotopic (exact) mass is 270 g/mol. The van der Waals surface area contributed by atoms with Crippen molar-refractivity contribution in [1.82, 2.24) is 0 Å². The molecule has 0 amide bonds. The third-order valence-electron chi connectivity index (χ3n) is 3.82. The van der Waals surface area contributed by atoms with Crippen LogP contribution in [0.15, 0.2) is 18.2 Å². The number of hydrogen-bond donors (Lipinski definition) is 1. The SMILES string of the molecule is COc1ccc(C(O)CC2(OC)CCC2)cc1Cl. The van der Waals surface area contributed by atoms with Crippen LogP contribution in [0, 0.1) is 0 Å². The first kappa shape index (κ1) is 13.7. The fourth-order valence-corrected chi connectivity index (χ4v) is 2.69. The Hall–Kier alpha value is -0.770. The topological polar surface area (TPSA) is 38.7 Å². The van der Waals surface area contributed by atoms with Gasteiger partial charge < -0.3 is 14.6 Å². The first-order valence-electron chi connectivity index (χ1n) is 6.17.